The van der Waals surface area contributed by atoms with Gasteiger partial charge >= 0.3 is 6.09 Å². The van der Waals surface area contributed by atoms with Gasteiger partial charge in [-0.25, -0.2) is 4.79 Å². The summed E-state index contributed by atoms with van der Waals surface area (Å²) >= 11 is 3.47. The summed E-state index contributed by atoms with van der Waals surface area (Å²) in [6.45, 7) is 0.277. The van der Waals surface area contributed by atoms with Gasteiger partial charge < -0.3 is 33.7 Å². The summed E-state index contributed by atoms with van der Waals surface area (Å²) in [4.78, 5) is 26.3. The molecule has 3 aromatic rings. The highest BCUT2D eigenvalue weighted by Crippen LogP contribution is 2.40. The molecule has 0 fully saturated rings. The number of nitrogens with one attached hydrogen (secondary N) is 1. The molecule has 0 radical (unpaired) electrons. The first-order valence-corrected chi connectivity index (χ1v) is 12.6. The number of Topliss-reactive ketones (excluding diaryl/α,β-unsaturated/α-hetero) is 1. The molecule has 0 spiro atoms. The van der Waals surface area contributed by atoms with Crippen LogP contribution in [0.3, 0.4) is 0 Å². The Bertz CT molecular complexity index is 1330. The van der Waals surface area contributed by atoms with E-state index in [9.17, 15) is 9.59 Å². The fourth-order valence-corrected chi connectivity index (χ4v) is 4.70. The van der Waals surface area contributed by atoms with E-state index < -0.39 is 24.1 Å². The third-order valence-corrected chi connectivity index (χ3v) is 6.73. The fourth-order valence-electron chi connectivity index (χ4n) is 4.14. The van der Waals surface area contributed by atoms with Gasteiger partial charge in [-0.2, -0.15) is 0 Å². The van der Waals surface area contributed by atoms with Gasteiger partial charge in [0.1, 0.15) is 17.2 Å². The Morgan fingerprint density at radius 2 is 1.63 bits per heavy atom. The van der Waals surface area contributed by atoms with E-state index in [-0.39, 0.29) is 12.1 Å². The third kappa shape index (κ3) is 5.80. The van der Waals surface area contributed by atoms with Crippen LogP contribution in [0, 0.1) is 0 Å². The highest BCUT2D eigenvalue weighted by Gasteiger charge is 2.41. The summed E-state index contributed by atoms with van der Waals surface area (Å²) in [5, 5.41) is 2.72. The van der Waals surface area contributed by atoms with Crippen LogP contribution in [0.15, 0.2) is 59.1 Å². The van der Waals surface area contributed by atoms with Gasteiger partial charge in [0.2, 0.25) is 11.9 Å². The van der Waals surface area contributed by atoms with Crippen LogP contribution in [0.2, 0.25) is 0 Å². The number of methoxy groups -OCH3 is 4. The van der Waals surface area contributed by atoms with E-state index >= 15 is 0 Å². The minimum atomic E-state index is -1.23. The molecule has 10 heteroatoms. The predicted octanol–water partition coefficient (Wildman–Crippen LogP) is 5.14. The van der Waals surface area contributed by atoms with Gasteiger partial charge in [-0.15, -0.1) is 0 Å². The van der Waals surface area contributed by atoms with E-state index in [2.05, 4.69) is 21.2 Å². The number of ketones is 1. The molecule has 1 amide bonds. The normalized spacial score (nSPS) is 16.1. The van der Waals surface area contributed by atoms with E-state index in [0.29, 0.717) is 45.2 Å². The van der Waals surface area contributed by atoms with E-state index in [1.54, 1.807) is 63.8 Å². The van der Waals surface area contributed by atoms with Crippen molar-refractivity contribution in [2.45, 2.75) is 18.6 Å². The third-order valence-electron chi connectivity index (χ3n) is 6.11. The highest BCUT2D eigenvalue weighted by atomic mass is 79.9. The molecule has 1 heterocycles. The molecular formula is C28H28BrNO8. The molecule has 1 aliphatic heterocycles. The van der Waals surface area contributed by atoms with E-state index in [0.717, 1.165) is 5.56 Å². The van der Waals surface area contributed by atoms with Crippen LogP contribution in [0.4, 0.5) is 4.79 Å². The van der Waals surface area contributed by atoms with Crippen molar-refractivity contribution in [2.24, 2.45) is 0 Å². The van der Waals surface area contributed by atoms with Crippen LogP contribution in [0.25, 0.3) is 0 Å². The van der Waals surface area contributed by atoms with Crippen LogP contribution < -0.4 is 29.0 Å². The highest BCUT2D eigenvalue weighted by molar-refractivity contribution is 9.10. The summed E-state index contributed by atoms with van der Waals surface area (Å²) in [6.07, 6.45) is -2.33. The van der Waals surface area contributed by atoms with Gasteiger partial charge in [0.15, 0.2) is 17.6 Å². The average molecular weight is 586 g/mol. The number of amides is 1. The second-order valence-corrected chi connectivity index (χ2v) is 9.21. The number of carbonyl (C=O) groups is 2. The second-order valence-electron chi connectivity index (χ2n) is 8.35. The van der Waals surface area contributed by atoms with Gasteiger partial charge in [-0.1, -0.05) is 12.1 Å². The Morgan fingerprint density at radius 1 is 0.895 bits per heavy atom. The Hall–Kier alpha value is -3.92. The minimum absolute atomic E-state index is 0.274. The first kappa shape index (κ1) is 27.1. The molecule has 0 aromatic heterocycles. The van der Waals surface area contributed by atoms with Gasteiger partial charge in [0.05, 0.1) is 38.5 Å². The molecule has 38 heavy (non-hydrogen) atoms. The lowest BCUT2D eigenvalue weighted by Crippen LogP contribution is -2.42. The molecule has 0 bridgehead atoms. The SMILES string of the molecule is COc1ccc2c(c1)C(=O)[C@H](OC(=O)NCCc1ccc(OC)c(OC)c1)[C@@H](c1ccc(OC)c(Br)c1)O2. The Kier molecular flexibility index (Phi) is 8.62. The van der Waals surface area contributed by atoms with Crippen molar-refractivity contribution in [1.82, 2.24) is 5.32 Å². The summed E-state index contributed by atoms with van der Waals surface area (Å²) in [5.74, 6) is 2.31. The first-order valence-electron chi connectivity index (χ1n) is 11.8. The number of hydrogen-bond donors (Lipinski definition) is 1. The lowest BCUT2D eigenvalue weighted by atomic mass is 9.93. The Morgan fingerprint density at radius 3 is 2.32 bits per heavy atom. The van der Waals surface area contributed by atoms with Gasteiger partial charge in [0.25, 0.3) is 0 Å². The lowest BCUT2D eigenvalue weighted by molar-refractivity contribution is 0.00907. The maximum absolute atomic E-state index is 13.5. The summed E-state index contributed by atoms with van der Waals surface area (Å²) in [6, 6.07) is 15.7. The average Bonchev–Trinajstić information content (AvgIpc) is 2.94. The van der Waals surface area contributed by atoms with Crippen molar-refractivity contribution >= 4 is 27.8 Å². The maximum Gasteiger partial charge on any atom is 0.408 e. The summed E-state index contributed by atoms with van der Waals surface area (Å²) < 4.78 is 33.7. The van der Waals surface area contributed by atoms with Gasteiger partial charge in [0, 0.05) is 6.54 Å². The number of rotatable bonds is 9. The molecule has 1 N–H and O–H groups in total. The zero-order valence-electron chi connectivity index (χ0n) is 21.4. The zero-order valence-corrected chi connectivity index (χ0v) is 23.0. The topological polar surface area (TPSA) is 102 Å². The van der Waals surface area contributed by atoms with Crippen LogP contribution in [-0.4, -0.2) is 53.0 Å². The number of ether oxygens (including phenoxy) is 6. The van der Waals surface area contributed by atoms with Gasteiger partial charge in [-0.05, 0) is 75.9 Å². The number of benzene rings is 3. The number of alkyl carbamates (subject to hydrolysis) is 1. The molecular weight excluding hydrogens is 558 g/mol. The molecule has 0 unspecified atom stereocenters. The van der Waals surface area contributed by atoms with Crippen molar-refractivity contribution < 1.29 is 38.0 Å². The first-order chi connectivity index (χ1) is 18.4. The molecule has 1 aliphatic rings. The number of fused-ring (bicyclic) bond motifs is 1. The molecule has 2 atom stereocenters. The quantitative estimate of drug-likeness (QED) is 0.368. The van der Waals surface area contributed by atoms with Crippen molar-refractivity contribution in [2.75, 3.05) is 35.0 Å². The maximum atomic E-state index is 13.5. The number of halogens is 1. The second kappa shape index (κ2) is 12.1. The van der Waals surface area contributed by atoms with E-state index in [4.69, 9.17) is 28.4 Å². The monoisotopic (exact) mass is 585 g/mol. The fraction of sp³-hybridized carbons (Fsp3) is 0.286. The van der Waals surface area contributed by atoms with Gasteiger partial charge in [-0.3, -0.25) is 4.79 Å². The van der Waals surface area contributed by atoms with E-state index in [1.807, 2.05) is 12.1 Å². The molecule has 200 valence electrons. The molecule has 0 saturated heterocycles. The Labute approximate surface area is 229 Å². The lowest BCUT2D eigenvalue weighted by Gasteiger charge is -2.32. The summed E-state index contributed by atoms with van der Waals surface area (Å²) in [7, 11) is 6.19. The van der Waals surface area contributed by atoms with Crippen LogP contribution in [0.1, 0.15) is 27.6 Å². The predicted molar refractivity (Wildman–Crippen MR) is 143 cm³/mol. The van der Waals surface area contributed by atoms with Crippen molar-refractivity contribution in [3.8, 4) is 28.7 Å². The molecule has 0 saturated carbocycles. The van der Waals surface area contributed by atoms with Crippen molar-refractivity contribution in [1.29, 1.82) is 0 Å². The van der Waals surface area contributed by atoms with E-state index in [1.165, 1.54) is 7.11 Å². The van der Waals surface area contributed by atoms with Crippen molar-refractivity contribution in [3.05, 3.63) is 75.8 Å². The van der Waals surface area contributed by atoms with Crippen LogP contribution in [-0.2, 0) is 11.2 Å². The standard InChI is InChI=1S/C28H28BrNO8/c1-33-18-7-10-21-19(15-18)25(31)27(26(37-21)17-6-9-22(34-2)20(29)14-17)38-28(32)30-12-11-16-5-8-23(35-3)24(13-16)36-4/h5-10,13-15,26-27H,11-12H2,1-4H3,(H,30,32)/t26-,27+/m1/s1. The van der Waals surface area contributed by atoms with Crippen molar-refractivity contribution in [3.63, 3.8) is 0 Å². The molecule has 0 aliphatic carbocycles. The number of carbonyl (C=O) groups excluding carboxylic acids is 2. The molecule has 4 rings (SSSR count). The largest absolute Gasteiger partial charge is 0.497 e. The zero-order chi connectivity index (χ0) is 27.2. The summed E-state index contributed by atoms with van der Waals surface area (Å²) in [5.41, 5.74) is 1.84. The Balaban J connectivity index is 1.52. The minimum Gasteiger partial charge on any atom is -0.497 e. The molecule has 3 aromatic carbocycles. The molecule has 9 nitrogen and oxygen atoms in total. The van der Waals surface area contributed by atoms with Crippen LogP contribution in [0.5, 0.6) is 28.7 Å². The smallest absolute Gasteiger partial charge is 0.408 e. The van der Waals surface area contributed by atoms with Crippen LogP contribution >= 0.6 is 15.9 Å². The number of hydrogen-bond acceptors (Lipinski definition) is 8.